The minimum Gasteiger partial charge on any atom is -0.341 e. The number of halogens is 2. The van der Waals surface area contributed by atoms with E-state index in [-0.39, 0.29) is 11.1 Å². The Morgan fingerprint density at radius 2 is 1.74 bits per heavy atom. The van der Waals surface area contributed by atoms with E-state index >= 15 is 0 Å². The van der Waals surface area contributed by atoms with Gasteiger partial charge in [-0.25, -0.2) is 14.2 Å². The molecule has 0 radical (unpaired) electrons. The van der Waals surface area contributed by atoms with E-state index < -0.39 is 15.7 Å². The topological polar surface area (TPSA) is 82.2 Å². The van der Waals surface area contributed by atoms with E-state index in [1.165, 1.54) is 5.56 Å². The lowest BCUT2D eigenvalue weighted by Crippen LogP contribution is -2.44. The molecule has 3 aromatic rings. The second-order valence-electron chi connectivity index (χ2n) is 10.9. The quantitative estimate of drug-likeness (QED) is 0.351. The summed E-state index contributed by atoms with van der Waals surface area (Å²) >= 11 is 12.7. The van der Waals surface area contributed by atoms with Gasteiger partial charge in [-0.1, -0.05) is 59.6 Å². The van der Waals surface area contributed by atoms with Crippen molar-refractivity contribution in [3.63, 3.8) is 0 Å². The van der Waals surface area contributed by atoms with E-state index in [9.17, 15) is 9.47 Å². The monoisotopic (exact) mass is 565 g/mol. The number of hydrogen-bond donors (Lipinski definition) is 0. The second-order valence-corrected chi connectivity index (χ2v) is 13.6. The predicted octanol–water partition coefficient (Wildman–Crippen LogP) is 6.72. The molecule has 38 heavy (non-hydrogen) atoms. The van der Waals surface area contributed by atoms with Crippen LogP contribution >= 0.6 is 23.2 Å². The van der Waals surface area contributed by atoms with Gasteiger partial charge >= 0.3 is 0 Å². The molecule has 0 N–H and O–H groups in total. The van der Waals surface area contributed by atoms with Crippen LogP contribution < -0.4 is 4.90 Å². The van der Waals surface area contributed by atoms with Crippen molar-refractivity contribution in [1.82, 2.24) is 9.97 Å². The van der Waals surface area contributed by atoms with Crippen molar-refractivity contribution in [1.29, 1.82) is 5.26 Å². The minimum absolute atomic E-state index is 0.178. The Bertz CT molecular complexity index is 1510. The van der Waals surface area contributed by atoms with Gasteiger partial charge in [0.1, 0.15) is 17.1 Å². The first kappa shape index (κ1) is 26.8. The standard InChI is InChI=1S/C29H29Cl2N5OS/c1-18-24(21-10-7-11-22(30)25(21)31)23(17-32)34-27(33-18)36-14-12-29(13-15-36)16-19-8-5-6-9-20(19)26(29)35-38(37)28(2,3)4/h5-11H,12-16H2,1-4H3/b35-26-/t38-/m1/s1. The molecule has 2 aromatic carbocycles. The maximum Gasteiger partial charge on any atom is 0.226 e. The molecule has 0 saturated carbocycles. The first-order valence-electron chi connectivity index (χ1n) is 12.6. The number of benzene rings is 2. The highest BCUT2D eigenvalue weighted by atomic mass is 35.5. The van der Waals surface area contributed by atoms with Gasteiger partial charge in [0.05, 0.1) is 26.2 Å². The zero-order valence-corrected chi connectivity index (χ0v) is 24.2. The average Bonchev–Trinajstić information content (AvgIpc) is 3.17. The molecule has 196 valence electrons. The molecule has 6 nitrogen and oxygen atoms in total. The van der Waals surface area contributed by atoms with Crippen LogP contribution in [0.2, 0.25) is 10.0 Å². The normalized spacial score (nSPS) is 18.4. The Kier molecular flexibility index (Phi) is 7.10. The van der Waals surface area contributed by atoms with Crippen molar-refractivity contribution in [3.8, 4) is 17.2 Å². The molecule has 1 aromatic heterocycles. The molecule has 2 heterocycles. The number of aryl methyl sites for hydroxylation is 1. The maximum absolute atomic E-state index is 13.1. The van der Waals surface area contributed by atoms with Crippen molar-refractivity contribution < 1.29 is 4.21 Å². The Morgan fingerprint density at radius 1 is 1.05 bits per heavy atom. The molecular formula is C29H29Cl2N5OS. The van der Waals surface area contributed by atoms with Gasteiger partial charge in [-0.2, -0.15) is 9.66 Å². The second kappa shape index (κ2) is 10.1. The molecule has 1 spiro atoms. The van der Waals surface area contributed by atoms with Gasteiger partial charge in [0.25, 0.3) is 0 Å². The van der Waals surface area contributed by atoms with Crippen LogP contribution in [0.1, 0.15) is 56.1 Å². The van der Waals surface area contributed by atoms with E-state index in [0.717, 1.165) is 30.5 Å². The Morgan fingerprint density at radius 3 is 2.42 bits per heavy atom. The highest BCUT2D eigenvalue weighted by Crippen LogP contribution is 2.46. The number of fused-ring (bicyclic) bond motifs is 1. The third-order valence-corrected chi connectivity index (χ3v) is 9.63. The third-order valence-electron chi connectivity index (χ3n) is 7.41. The lowest BCUT2D eigenvalue weighted by Gasteiger charge is -2.40. The van der Waals surface area contributed by atoms with Gasteiger partial charge in [0, 0.05) is 35.2 Å². The van der Waals surface area contributed by atoms with Gasteiger partial charge in [-0.15, -0.1) is 0 Å². The molecule has 1 aliphatic heterocycles. The summed E-state index contributed by atoms with van der Waals surface area (Å²) in [5.41, 5.74) is 5.34. The molecule has 9 heteroatoms. The lowest BCUT2D eigenvalue weighted by molar-refractivity contribution is 0.329. The van der Waals surface area contributed by atoms with Gasteiger partial charge in [-0.05, 0) is 58.6 Å². The molecule has 0 amide bonds. The molecule has 1 atom stereocenters. The molecular weight excluding hydrogens is 537 g/mol. The number of anilines is 1. The Hall–Kier alpha value is -2.79. The Balaban J connectivity index is 1.46. The zero-order chi connectivity index (χ0) is 27.2. The Labute approximate surface area is 236 Å². The van der Waals surface area contributed by atoms with Crippen LogP contribution in [0, 0.1) is 23.7 Å². The van der Waals surface area contributed by atoms with Crippen LogP contribution in [0.4, 0.5) is 5.95 Å². The fourth-order valence-corrected chi connectivity index (χ4v) is 6.48. The molecule has 1 saturated heterocycles. The molecule has 1 aliphatic carbocycles. The highest BCUT2D eigenvalue weighted by Gasteiger charge is 2.46. The van der Waals surface area contributed by atoms with Crippen LogP contribution in [0.5, 0.6) is 0 Å². The van der Waals surface area contributed by atoms with Crippen molar-refractivity contribution in [2.24, 2.45) is 9.81 Å². The van der Waals surface area contributed by atoms with Crippen LogP contribution in [0.25, 0.3) is 11.1 Å². The fraction of sp³-hybridized carbons (Fsp3) is 0.379. The zero-order valence-electron chi connectivity index (χ0n) is 21.9. The van der Waals surface area contributed by atoms with E-state index in [1.54, 1.807) is 12.1 Å². The van der Waals surface area contributed by atoms with E-state index in [1.807, 2.05) is 39.8 Å². The van der Waals surface area contributed by atoms with Gasteiger partial charge in [0.2, 0.25) is 5.95 Å². The summed E-state index contributed by atoms with van der Waals surface area (Å²) in [7, 11) is -1.35. The summed E-state index contributed by atoms with van der Waals surface area (Å²) in [6, 6.07) is 15.9. The van der Waals surface area contributed by atoms with Crippen LogP contribution in [-0.4, -0.2) is 37.7 Å². The number of hydrogen-bond acceptors (Lipinski definition) is 5. The number of nitrogens with zero attached hydrogens (tertiary/aromatic N) is 5. The summed E-state index contributed by atoms with van der Waals surface area (Å²) in [6.07, 6.45) is 2.54. The number of piperidine rings is 1. The first-order chi connectivity index (χ1) is 18.0. The lowest BCUT2D eigenvalue weighted by atomic mass is 9.74. The number of rotatable bonds is 3. The largest absolute Gasteiger partial charge is 0.341 e. The van der Waals surface area contributed by atoms with Crippen LogP contribution in [0.3, 0.4) is 0 Å². The fourth-order valence-electron chi connectivity index (χ4n) is 5.35. The first-order valence-corrected chi connectivity index (χ1v) is 14.5. The molecule has 5 rings (SSSR count). The third kappa shape index (κ3) is 4.75. The summed E-state index contributed by atoms with van der Waals surface area (Å²) in [6.45, 7) is 9.14. The number of aromatic nitrogens is 2. The molecule has 0 bridgehead atoms. The molecule has 0 unspecified atom stereocenters. The average molecular weight is 567 g/mol. The summed E-state index contributed by atoms with van der Waals surface area (Å²) in [5, 5.41) is 10.8. The SMILES string of the molecule is Cc1nc(N2CCC3(CC2)Cc2ccccc2/C3=N/[S@](=O)C(C)(C)C)nc(C#N)c1-c1cccc(Cl)c1Cl. The van der Waals surface area contributed by atoms with E-state index in [4.69, 9.17) is 32.6 Å². The van der Waals surface area contributed by atoms with Crippen molar-refractivity contribution >= 4 is 45.8 Å². The maximum atomic E-state index is 13.1. The van der Waals surface area contributed by atoms with E-state index in [2.05, 4.69) is 34.2 Å². The molecule has 1 fully saturated rings. The number of nitriles is 1. The van der Waals surface area contributed by atoms with Crippen molar-refractivity contribution in [2.75, 3.05) is 18.0 Å². The molecule has 2 aliphatic rings. The summed E-state index contributed by atoms with van der Waals surface area (Å²) in [5.74, 6) is 0.531. The van der Waals surface area contributed by atoms with Gasteiger partial charge in [0.15, 0.2) is 5.69 Å². The van der Waals surface area contributed by atoms with Crippen molar-refractivity contribution in [2.45, 2.75) is 51.7 Å². The summed E-state index contributed by atoms with van der Waals surface area (Å²) < 4.78 is 17.5. The summed E-state index contributed by atoms with van der Waals surface area (Å²) in [4.78, 5) is 11.6. The van der Waals surface area contributed by atoms with E-state index in [0.29, 0.717) is 45.9 Å². The van der Waals surface area contributed by atoms with Crippen LogP contribution in [0.15, 0.2) is 46.9 Å². The van der Waals surface area contributed by atoms with Gasteiger partial charge < -0.3 is 4.90 Å². The highest BCUT2D eigenvalue weighted by molar-refractivity contribution is 7.85. The van der Waals surface area contributed by atoms with Crippen molar-refractivity contribution in [3.05, 3.63) is 75.0 Å². The van der Waals surface area contributed by atoms with Crippen LogP contribution in [-0.2, 0) is 17.4 Å². The van der Waals surface area contributed by atoms with Gasteiger partial charge in [-0.3, -0.25) is 0 Å². The smallest absolute Gasteiger partial charge is 0.226 e. The predicted molar refractivity (Wildman–Crippen MR) is 155 cm³/mol. The minimum atomic E-state index is -1.35.